The Morgan fingerprint density at radius 3 is 0.833 bits per heavy atom. The number of amides is 6. The van der Waals surface area contributed by atoms with Gasteiger partial charge in [0.25, 0.3) is 0 Å². The van der Waals surface area contributed by atoms with Crippen molar-refractivity contribution in [1.29, 1.82) is 0 Å². The molecule has 0 unspecified atom stereocenters. The molecule has 15 heteroatoms. The van der Waals surface area contributed by atoms with Crippen molar-refractivity contribution in [3.05, 3.63) is 108 Å². The first-order chi connectivity index (χ1) is 28.9. The molecule has 15 nitrogen and oxygen atoms in total. The molecule has 1 aliphatic heterocycles. The predicted octanol–water partition coefficient (Wildman–Crippen LogP) is 2.30. The number of carbonyl (C=O) groups excluding carboxylic acids is 6. The van der Waals surface area contributed by atoms with Crippen LogP contribution in [0.15, 0.2) is 91.0 Å². The second-order valence-electron chi connectivity index (χ2n) is 15.2. The molecule has 1 saturated heterocycles. The molecule has 60 heavy (non-hydrogen) atoms. The van der Waals surface area contributed by atoms with E-state index in [0.717, 1.165) is 16.7 Å². The zero-order valence-electron chi connectivity index (χ0n) is 35.4. The summed E-state index contributed by atoms with van der Waals surface area (Å²) < 4.78 is 0. The summed E-state index contributed by atoms with van der Waals surface area (Å²) in [7, 11) is 0. The lowest BCUT2D eigenvalue weighted by atomic mass is 10.1. The van der Waals surface area contributed by atoms with E-state index in [0.29, 0.717) is 19.3 Å². The molecule has 324 valence electrons. The fourth-order valence-corrected chi connectivity index (χ4v) is 7.28. The second kappa shape index (κ2) is 23.8. The van der Waals surface area contributed by atoms with Gasteiger partial charge < -0.3 is 46.6 Å². The summed E-state index contributed by atoms with van der Waals surface area (Å²) in [5.41, 5.74) is 20.0. The molecule has 0 aliphatic carbocycles. The third kappa shape index (κ3) is 13.2. The summed E-state index contributed by atoms with van der Waals surface area (Å²) in [4.78, 5) is 95.3. The predicted molar refractivity (Wildman–Crippen MR) is 230 cm³/mol. The van der Waals surface area contributed by atoms with Crippen LogP contribution in [0.3, 0.4) is 0 Å². The van der Waals surface area contributed by atoms with Crippen LogP contribution in [0.2, 0.25) is 0 Å². The van der Waals surface area contributed by atoms with E-state index in [4.69, 9.17) is 17.2 Å². The molecule has 1 fully saturated rings. The van der Waals surface area contributed by atoms with Gasteiger partial charge in [-0.3, -0.25) is 28.8 Å². The number of hydrogen-bond donors (Lipinski definition) is 3. The average Bonchev–Trinajstić information content (AvgIpc) is 3.27. The van der Waals surface area contributed by atoms with Crippen LogP contribution in [0, 0.1) is 0 Å². The van der Waals surface area contributed by atoms with Gasteiger partial charge in [-0.25, -0.2) is 0 Å². The molecule has 6 amide bonds. The van der Waals surface area contributed by atoms with Gasteiger partial charge in [0.1, 0.15) is 19.6 Å². The molecule has 6 N–H and O–H groups in total. The Morgan fingerprint density at radius 2 is 0.617 bits per heavy atom. The van der Waals surface area contributed by atoms with Crippen LogP contribution in [-0.4, -0.2) is 143 Å². The summed E-state index contributed by atoms with van der Waals surface area (Å²) in [6, 6.07) is 25.9. The largest absolute Gasteiger partial charge is 0.332 e. The van der Waals surface area contributed by atoms with Gasteiger partial charge in [0.2, 0.25) is 35.4 Å². The molecule has 0 saturated carbocycles. The van der Waals surface area contributed by atoms with E-state index >= 15 is 0 Å². The fraction of sp³-hybridized carbons (Fsp3) is 0.467. The molecular weight excluding hydrogens is 763 g/mol. The van der Waals surface area contributed by atoms with Gasteiger partial charge in [0.15, 0.2) is 0 Å². The van der Waals surface area contributed by atoms with E-state index < -0.39 is 92.8 Å². The summed E-state index contributed by atoms with van der Waals surface area (Å²) in [5, 5.41) is 0. The summed E-state index contributed by atoms with van der Waals surface area (Å²) in [6.45, 7) is 4.13. The third-order valence-electron chi connectivity index (χ3n) is 11.1. The fourth-order valence-electron chi connectivity index (χ4n) is 7.28. The highest BCUT2D eigenvalue weighted by atomic mass is 16.2. The van der Waals surface area contributed by atoms with Crippen LogP contribution in [-0.2, 0) is 28.8 Å². The monoisotopic (exact) mass is 825 g/mol. The van der Waals surface area contributed by atoms with E-state index in [1.165, 1.54) is 29.4 Å². The Bertz CT molecular complexity index is 1640. The van der Waals surface area contributed by atoms with Crippen molar-refractivity contribution < 1.29 is 28.8 Å². The highest BCUT2D eigenvalue weighted by Crippen LogP contribution is 2.25. The van der Waals surface area contributed by atoms with Gasteiger partial charge in [-0.15, -0.1) is 0 Å². The Balaban J connectivity index is 1.86. The number of hydrogen-bond acceptors (Lipinski definition) is 9. The quantitative estimate of drug-likeness (QED) is 0.206. The first-order valence-corrected chi connectivity index (χ1v) is 20.9. The molecule has 0 radical (unpaired) electrons. The molecular formula is C45H63N9O6. The Hall–Kier alpha value is -5.64. The standard InChI is InChI=1S/C45H63N9O6/c1-34(37-16-7-4-8-17-37)52-31-40(55)50(26-14-23-47)29-44(59)54(36(3)39-20-11-6-12-21-39)33-42(57)51(27-15-24-48)30-45(60)53(35(2)38-18-9-5-10-19-38)32-41(56)49(25-13-22-46)28-43(52)58/h4-12,16-21,34-36H,13-15,22-33,46-48H2,1-3H3/t34-,35-,36+/m0/s1. The van der Waals surface area contributed by atoms with Crippen molar-refractivity contribution in [2.75, 3.05) is 78.5 Å². The molecule has 0 spiro atoms. The zero-order chi connectivity index (χ0) is 43.6. The van der Waals surface area contributed by atoms with Crippen molar-refractivity contribution >= 4 is 35.4 Å². The maximum Gasteiger partial charge on any atom is 0.243 e. The van der Waals surface area contributed by atoms with Crippen molar-refractivity contribution in [1.82, 2.24) is 29.4 Å². The average molecular weight is 826 g/mol. The molecule has 0 bridgehead atoms. The first kappa shape index (κ1) is 47.0. The normalized spacial score (nSPS) is 17.5. The van der Waals surface area contributed by atoms with Crippen molar-refractivity contribution in [2.24, 2.45) is 17.2 Å². The lowest BCUT2D eigenvalue weighted by Crippen LogP contribution is -2.54. The minimum atomic E-state index is -0.602. The van der Waals surface area contributed by atoms with Crippen LogP contribution < -0.4 is 17.2 Å². The SMILES string of the molecule is C[C@H](c1ccccc1)N1CC(=O)N(CCCN)CC(=O)N([C@@H](C)c2ccccc2)CC(=O)N(CCCN)CC(=O)N([C@@H](C)c2ccccc2)CC(=O)N(CCCN)CC1=O. The number of carbonyl (C=O) groups is 6. The van der Waals surface area contributed by atoms with E-state index in [2.05, 4.69) is 0 Å². The smallest absolute Gasteiger partial charge is 0.243 e. The highest BCUT2D eigenvalue weighted by Gasteiger charge is 2.35. The maximum absolute atomic E-state index is 14.6. The molecule has 3 atom stereocenters. The highest BCUT2D eigenvalue weighted by molar-refractivity contribution is 5.94. The minimum Gasteiger partial charge on any atom is -0.332 e. The number of nitrogens with two attached hydrogens (primary N) is 3. The summed E-state index contributed by atoms with van der Waals surface area (Å²) in [5.74, 6) is -2.98. The van der Waals surface area contributed by atoms with Crippen LogP contribution in [0.5, 0.6) is 0 Å². The van der Waals surface area contributed by atoms with Gasteiger partial charge in [0, 0.05) is 19.6 Å². The lowest BCUT2D eigenvalue weighted by Gasteiger charge is -2.37. The van der Waals surface area contributed by atoms with Gasteiger partial charge in [0.05, 0.1) is 37.8 Å². The topological polar surface area (TPSA) is 200 Å². The molecule has 3 aromatic carbocycles. The summed E-state index contributed by atoms with van der Waals surface area (Å²) >= 11 is 0. The molecule has 1 heterocycles. The van der Waals surface area contributed by atoms with E-state index in [1.54, 1.807) is 20.8 Å². The maximum atomic E-state index is 14.6. The third-order valence-corrected chi connectivity index (χ3v) is 11.1. The molecule has 4 rings (SSSR count). The van der Waals surface area contributed by atoms with Gasteiger partial charge in [-0.05, 0) is 76.4 Å². The van der Waals surface area contributed by atoms with Gasteiger partial charge in [-0.1, -0.05) is 91.0 Å². The molecule has 0 aromatic heterocycles. The van der Waals surface area contributed by atoms with Crippen LogP contribution in [0.1, 0.15) is 74.8 Å². The Morgan fingerprint density at radius 1 is 0.383 bits per heavy atom. The van der Waals surface area contributed by atoms with Crippen LogP contribution in [0.4, 0.5) is 0 Å². The second-order valence-corrected chi connectivity index (χ2v) is 15.2. The molecule has 3 aromatic rings. The van der Waals surface area contributed by atoms with Crippen molar-refractivity contribution in [3.63, 3.8) is 0 Å². The van der Waals surface area contributed by atoms with Crippen molar-refractivity contribution in [2.45, 2.75) is 58.2 Å². The number of benzene rings is 3. The number of nitrogens with zero attached hydrogens (tertiary/aromatic N) is 6. The Kier molecular flexibility index (Phi) is 18.7. The van der Waals surface area contributed by atoms with Crippen molar-refractivity contribution in [3.8, 4) is 0 Å². The minimum absolute atomic E-state index is 0.123. The molecule has 1 aliphatic rings. The summed E-state index contributed by atoms with van der Waals surface area (Å²) in [6.07, 6.45) is 1.13. The van der Waals surface area contributed by atoms with Gasteiger partial charge >= 0.3 is 0 Å². The van der Waals surface area contributed by atoms with Crippen LogP contribution in [0.25, 0.3) is 0 Å². The Labute approximate surface area is 354 Å². The number of rotatable bonds is 15. The van der Waals surface area contributed by atoms with Crippen LogP contribution >= 0.6 is 0 Å². The lowest BCUT2D eigenvalue weighted by molar-refractivity contribution is -0.152. The van der Waals surface area contributed by atoms with E-state index in [1.807, 2.05) is 91.0 Å². The van der Waals surface area contributed by atoms with E-state index in [-0.39, 0.29) is 39.3 Å². The zero-order valence-corrected chi connectivity index (χ0v) is 35.4. The van der Waals surface area contributed by atoms with E-state index in [9.17, 15) is 28.8 Å². The van der Waals surface area contributed by atoms with Gasteiger partial charge in [-0.2, -0.15) is 0 Å². The first-order valence-electron chi connectivity index (χ1n) is 20.9.